The van der Waals surface area contributed by atoms with Gasteiger partial charge in [-0.15, -0.1) is 0 Å². The van der Waals surface area contributed by atoms with Gasteiger partial charge in [-0.25, -0.2) is 0 Å². The van der Waals surface area contributed by atoms with Crippen LogP contribution in [0, 0.1) is 0 Å². The van der Waals surface area contributed by atoms with E-state index in [0.29, 0.717) is 0 Å². The topological polar surface area (TPSA) is 0 Å². The standard InChI is InChI=1S/C11H14/c1-2-3-4-5-9-6-10-8-11(10)7-9/h6-8H,2-5H2,1H3. The van der Waals surface area contributed by atoms with E-state index in [1.165, 1.54) is 36.8 Å². The fourth-order valence-electron chi connectivity index (χ4n) is 1.55. The molecule has 11 heavy (non-hydrogen) atoms. The van der Waals surface area contributed by atoms with Crippen molar-refractivity contribution in [1.29, 1.82) is 0 Å². The fraction of sp³-hybridized carbons (Fsp3) is 0.455. The van der Waals surface area contributed by atoms with Crippen molar-refractivity contribution in [3.05, 3.63) is 23.8 Å². The van der Waals surface area contributed by atoms with Gasteiger partial charge in [0.15, 0.2) is 0 Å². The van der Waals surface area contributed by atoms with Crippen molar-refractivity contribution in [1.82, 2.24) is 0 Å². The molecule has 0 N–H and O–H groups in total. The molecule has 0 aromatic heterocycles. The molecule has 0 amide bonds. The van der Waals surface area contributed by atoms with Gasteiger partial charge in [0, 0.05) is 0 Å². The lowest BCUT2D eigenvalue weighted by molar-refractivity contribution is 0.718. The summed E-state index contributed by atoms with van der Waals surface area (Å²) in [5, 5.41) is 0. The molecule has 0 saturated carbocycles. The molecule has 0 spiro atoms. The summed E-state index contributed by atoms with van der Waals surface area (Å²) in [5.74, 6) is 0. The summed E-state index contributed by atoms with van der Waals surface area (Å²) in [6.07, 6.45) is 5.35. The first-order valence-corrected chi connectivity index (χ1v) is 4.54. The van der Waals surface area contributed by atoms with Crippen LogP contribution in [0.3, 0.4) is 0 Å². The Morgan fingerprint density at radius 2 is 1.73 bits per heavy atom. The van der Waals surface area contributed by atoms with E-state index >= 15 is 0 Å². The second kappa shape index (κ2) is 2.69. The maximum atomic E-state index is 2.32. The highest BCUT2D eigenvalue weighted by Gasteiger charge is 2.12. The van der Waals surface area contributed by atoms with Gasteiger partial charge >= 0.3 is 0 Å². The average Bonchev–Trinajstić information content (AvgIpc) is 2.61. The zero-order chi connectivity index (χ0) is 7.68. The SMILES string of the molecule is CCCCCc1cc2cc-2c1. The zero-order valence-electron chi connectivity index (χ0n) is 7.06. The zero-order valence-corrected chi connectivity index (χ0v) is 7.06. The molecular weight excluding hydrogens is 132 g/mol. The van der Waals surface area contributed by atoms with E-state index in [4.69, 9.17) is 0 Å². The van der Waals surface area contributed by atoms with Crippen LogP contribution in [0.4, 0.5) is 0 Å². The van der Waals surface area contributed by atoms with E-state index in [1.54, 1.807) is 5.56 Å². The van der Waals surface area contributed by atoms with Crippen molar-refractivity contribution in [3.63, 3.8) is 0 Å². The normalized spacial score (nSPS) is 11.7. The summed E-state index contributed by atoms with van der Waals surface area (Å²) in [6, 6.07) is 6.89. The molecular formula is C11H14. The summed E-state index contributed by atoms with van der Waals surface area (Å²) < 4.78 is 0. The molecule has 2 aliphatic rings. The Labute approximate surface area is 68.3 Å². The maximum Gasteiger partial charge on any atom is -0.0175 e. The van der Waals surface area contributed by atoms with E-state index in [0.717, 1.165) is 0 Å². The molecule has 0 bridgehead atoms. The summed E-state index contributed by atoms with van der Waals surface area (Å²) >= 11 is 0. The highest BCUT2D eigenvalue weighted by molar-refractivity contribution is 5.82. The maximum absolute atomic E-state index is 2.32. The Kier molecular flexibility index (Phi) is 1.69. The molecule has 0 aliphatic heterocycles. The fourth-order valence-corrected chi connectivity index (χ4v) is 1.55. The second-order valence-electron chi connectivity index (χ2n) is 3.38. The molecule has 0 heteroatoms. The molecule has 0 aromatic rings. The van der Waals surface area contributed by atoms with Crippen LogP contribution in [-0.4, -0.2) is 0 Å². The minimum Gasteiger partial charge on any atom is -0.0654 e. The third-order valence-electron chi connectivity index (χ3n) is 2.31. The van der Waals surface area contributed by atoms with Crippen LogP contribution >= 0.6 is 0 Å². The largest absolute Gasteiger partial charge is 0.0654 e. The smallest absolute Gasteiger partial charge is 0.0175 e. The molecule has 0 saturated heterocycles. The third kappa shape index (κ3) is 1.45. The van der Waals surface area contributed by atoms with Gasteiger partial charge in [-0.3, -0.25) is 0 Å². The van der Waals surface area contributed by atoms with Crippen molar-refractivity contribution < 1.29 is 0 Å². The monoisotopic (exact) mass is 146 g/mol. The van der Waals surface area contributed by atoms with Crippen LogP contribution in [0.15, 0.2) is 18.2 Å². The minimum atomic E-state index is 1.29. The lowest BCUT2D eigenvalue weighted by atomic mass is 10.1. The average molecular weight is 146 g/mol. The van der Waals surface area contributed by atoms with Crippen LogP contribution in [0.5, 0.6) is 0 Å². The van der Waals surface area contributed by atoms with E-state index in [-0.39, 0.29) is 0 Å². The number of hydrogen-bond donors (Lipinski definition) is 0. The van der Waals surface area contributed by atoms with Gasteiger partial charge < -0.3 is 0 Å². The van der Waals surface area contributed by atoms with Gasteiger partial charge in [0.05, 0.1) is 0 Å². The van der Waals surface area contributed by atoms with E-state index in [2.05, 4.69) is 25.1 Å². The van der Waals surface area contributed by atoms with Crippen LogP contribution in [0.2, 0.25) is 0 Å². The van der Waals surface area contributed by atoms with E-state index < -0.39 is 0 Å². The van der Waals surface area contributed by atoms with Crippen molar-refractivity contribution in [3.8, 4) is 11.1 Å². The summed E-state index contributed by atoms with van der Waals surface area (Å²) in [6.45, 7) is 2.25. The van der Waals surface area contributed by atoms with E-state index in [1.807, 2.05) is 0 Å². The van der Waals surface area contributed by atoms with Gasteiger partial charge in [-0.2, -0.15) is 0 Å². The molecule has 0 fully saturated rings. The Morgan fingerprint density at radius 3 is 2.36 bits per heavy atom. The Hall–Kier alpha value is -0.780. The Balaban J connectivity index is 1.82. The lowest BCUT2D eigenvalue weighted by Crippen LogP contribution is -1.80. The molecule has 58 valence electrons. The number of fused-ring (bicyclic) bond motifs is 1. The minimum absolute atomic E-state index is 1.29. The van der Waals surface area contributed by atoms with Crippen LogP contribution in [0.25, 0.3) is 11.1 Å². The van der Waals surface area contributed by atoms with Crippen molar-refractivity contribution in [2.75, 3.05) is 0 Å². The van der Waals surface area contributed by atoms with Gasteiger partial charge in [0.2, 0.25) is 0 Å². The van der Waals surface area contributed by atoms with Crippen LogP contribution in [0.1, 0.15) is 31.7 Å². The number of aryl methyl sites for hydroxylation is 1. The highest BCUT2D eigenvalue weighted by atomic mass is 14.2. The molecule has 0 radical (unpaired) electrons. The quantitative estimate of drug-likeness (QED) is 0.580. The number of unbranched alkanes of at least 4 members (excludes halogenated alkanes) is 2. The van der Waals surface area contributed by atoms with Gasteiger partial charge in [-0.1, -0.05) is 31.9 Å². The number of rotatable bonds is 4. The lowest BCUT2D eigenvalue weighted by Gasteiger charge is -1.94. The molecule has 2 rings (SSSR count). The molecule has 0 heterocycles. The summed E-state index contributed by atoms with van der Waals surface area (Å²) in [4.78, 5) is 0. The van der Waals surface area contributed by atoms with Gasteiger partial charge in [-0.05, 0) is 35.6 Å². The van der Waals surface area contributed by atoms with E-state index in [9.17, 15) is 0 Å². The highest BCUT2D eigenvalue weighted by Crippen LogP contribution is 2.36. The van der Waals surface area contributed by atoms with Crippen LogP contribution < -0.4 is 0 Å². The Morgan fingerprint density at radius 1 is 1.00 bits per heavy atom. The van der Waals surface area contributed by atoms with Crippen molar-refractivity contribution in [2.45, 2.75) is 32.6 Å². The molecule has 0 unspecified atom stereocenters. The summed E-state index contributed by atoms with van der Waals surface area (Å²) in [5.41, 5.74) is 4.51. The number of hydrogen-bond acceptors (Lipinski definition) is 0. The van der Waals surface area contributed by atoms with Crippen molar-refractivity contribution in [2.24, 2.45) is 0 Å². The third-order valence-corrected chi connectivity index (χ3v) is 2.31. The first-order valence-electron chi connectivity index (χ1n) is 4.54. The molecule has 0 nitrogen and oxygen atoms in total. The number of benzene rings is 1. The van der Waals surface area contributed by atoms with Gasteiger partial charge in [0.1, 0.15) is 0 Å². The predicted molar refractivity (Wildman–Crippen MR) is 48.7 cm³/mol. The molecule has 0 aromatic carbocycles. The summed E-state index contributed by atoms with van der Waals surface area (Å²) in [7, 11) is 0. The Bertz CT molecular complexity index is 240. The second-order valence-corrected chi connectivity index (χ2v) is 3.38. The van der Waals surface area contributed by atoms with Crippen molar-refractivity contribution >= 4 is 0 Å². The first kappa shape index (κ1) is 6.90. The molecule has 2 aliphatic carbocycles. The first-order chi connectivity index (χ1) is 5.40. The van der Waals surface area contributed by atoms with Gasteiger partial charge in [0.25, 0.3) is 0 Å². The van der Waals surface area contributed by atoms with Crippen LogP contribution in [-0.2, 0) is 6.42 Å². The molecule has 0 atom stereocenters. The predicted octanol–water partition coefficient (Wildman–Crippen LogP) is 3.40.